The van der Waals surface area contributed by atoms with Crippen molar-refractivity contribution in [1.29, 1.82) is 0 Å². The van der Waals surface area contributed by atoms with Crippen molar-refractivity contribution in [3.63, 3.8) is 0 Å². The van der Waals surface area contributed by atoms with Gasteiger partial charge in [-0.1, -0.05) is 5.92 Å². The molecule has 1 aromatic rings. The summed E-state index contributed by atoms with van der Waals surface area (Å²) in [7, 11) is 2.18. The fourth-order valence-electron chi connectivity index (χ4n) is 2.77. The molecule has 0 aromatic carbocycles. The highest BCUT2D eigenvalue weighted by Gasteiger charge is 2.42. The number of rotatable bonds is 1. The van der Waals surface area contributed by atoms with Crippen molar-refractivity contribution in [2.45, 2.75) is 18.5 Å². The quantitative estimate of drug-likeness (QED) is 0.631. The first kappa shape index (κ1) is 9.61. The third-order valence-corrected chi connectivity index (χ3v) is 3.64. The van der Waals surface area contributed by atoms with Crippen LogP contribution in [0.15, 0.2) is 12.3 Å². The van der Waals surface area contributed by atoms with E-state index in [0.717, 1.165) is 24.5 Å². The van der Waals surface area contributed by atoms with Gasteiger partial charge >= 0.3 is 0 Å². The second kappa shape index (κ2) is 3.46. The highest BCUT2D eigenvalue weighted by atomic mass is 15.4. The summed E-state index contributed by atoms with van der Waals surface area (Å²) >= 11 is 0. The summed E-state index contributed by atoms with van der Waals surface area (Å²) in [6.07, 6.45) is 8.36. The Bertz CT molecular complexity index is 449. The van der Waals surface area contributed by atoms with E-state index in [-0.39, 0.29) is 0 Å². The molecule has 2 atom stereocenters. The Morgan fingerprint density at radius 2 is 2.31 bits per heavy atom. The predicted molar refractivity (Wildman–Crippen MR) is 62.1 cm³/mol. The van der Waals surface area contributed by atoms with E-state index in [1.165, 1.54) is 6.42 Å². The Morgan fingerprint density at radius 1 is 1.44 bits per heavy atom. The number of anilines is 1. The molecule has 3 heterocycles. The number of hydrogen-bond acceptors (Lipinski definition) is 4. The van der Waals surface area contributed by atoms with Crippen LogP contribution in [0.3, 0.4) is 0 Å². The molecule has 0 saturated carbocycles. The number of nitrogens with zero attached hydrogens (tertiary/aromatic N) is 4. The Morgan fingerprint density at radius 3 is 2.94 bits per heavy atom. The number of hydrogen-bond donors (Lipinski definition) is 0. The zero-order valence-corrected chi connectivity index (χ0v) is 9.30. The van der Waals surface area contributed by atoms with Crippen LogP contribution in [0.5, 0.6) is 0 Å². The maximum absolute atomic E-state index is 5.49. The smallest absolute Gasteiger partial charge is 0.167 e. The zero-order chi connectivity index (χ0) is 11.1. The molecule has 0 N–H and O–H groups in total. The van der Waals surface area contributed by atoms with E-state index >= 15 is 0 Å². The van der Waals surface area contributed by atoms with E-state index in [0.29, 0.717) is 12.1 Å². The van der Waals surface area contributed by atoms with Crippen LogP contribution in [-0.2, 0) is 0 Å². The Balaban J connectivity index is 1.93. The molecular weight excluding hydrogens is 200 g/mol. The van der Waals surface area contributed by atoms with Gasteiger partial charge in [-0.15, -0.1) is 11.5 Å². The van der Waals surface area contributed by atoms with Gasteiger partial charge in [-0.3, -0.25) is 4.90 Å². The predicted octanol–water partition coefficient (Wildman–Crippen LogP) is 0.351. The second-order valence-electron chi connectivity index (χ2n) is 4.55. The summed E-state index contributed by atoms with van der Waals surface area (Å²) in [4.78, 5) is 4.72. The van der Waals surface area contributed by atoms with Gasteiger partial charge in [0.05, 0.1) is 11.8 Å². The number of fused-ring (bicyclic) bond motifs is 2. The minimum Gasteiger partial charge on any atom is -0.348 e. The van der Waals surface area contributed by atoms with Crippen molar-refractivity contribution in [2.75, 3.05) is 25.0 Å². The van der Waals surface area contributed by atoms with E-state index in [4.69, 9.17) is 6.42 Å². The summed E-state index contributed by atoms with van der Waals surface area (Å²) in [6, 6.07) is 3.06. The molecule has 2 saturated heterocycles. The number of likely N-dealkylation sites (tertiary alicyclic amines) is 1. The van der Waals surface area contributed by atoms with Gasteiger partial charge in [0.2, 0.25) is 0 Å². The molecule has 0 radical (unpaired) electrons. The molecule has 2 fully saturated rings. The minimum absolute atomic E-state index is 0.554. The molecule has 0 unspecified atom stereocenters. The van der Waals surface area contributed by atoms with Crippen LogP contribution in [0, 0.1) is 12.3 Å². The normalized spacial score (nSPS) is 28.4. The SMILES string of the molecule is C#Cc1ccnnc1N1C[C@@H]2C[C@H]1CN2C. The van der Waals surface area contributed by atoms with Gasteiger partial charge in [-0.05, 0) is 19.5 Å². The Labute approximate surface area is 95.3 Å². The first-order valence-corrected chi connectivity index (χ1v) is 5.55. The highest BCUT2D eigenvalue weighted by Crippen LogP contribution is 2.33. The van der Waals surface area contributed by atoms with E-state index in [2.05, 4.69) is 33.0 Å². The lowest BCUT2D eigenvalue weighted by Gasteiger charge is -2.32. The second-order valence-corrected chi connectivity index (χ2v) is 4.55. The minimum atomic E-state index is 0.554. The molecule has 0 spiro atoms. The van der Waals surface area contributed by atoms with E-state index < -0.39 is 0 Å². The van der Waals surface area contributed by atoms with Crippen molar-refractivity contribution < 1.29 is 0 Å². The Hall–Kier alpha value is -1.60. The monoisotopic (exact) mass is 214 g/mol. The topological polar surface area (TPSA) is 32.3 Å². The molecule has 4 heteroatoms. The Kier molecular flexibility index (Phi) is 2.08. The molecule has 3 rings (SSSR count). The van der Waals surface area contributed by atoms with Gasteiger partial charge in [0, 0.05) is 25.2 Å². The van der Waals surface area contributed by atoms with Crippen LogP contribution in [0.25, 0.3) is 0 Å². The van der Waals surface area contributed by atoms with Crippen molar-refractivity contribution in [3.05, 3.63) is 17.8 Å². The van der Waals surface area contributed by atoms with Crippen molar-refractivity contribution in [1.82, 2.24) is 15.1 Å². The van der Waals surface area contributed by atoms with Gasteiger partial charge in [0.1, 0.15) is 0 Å². The molecule has 2 bridgehead atoms. The summed E-state index contributed by atoms with van der Waals surface area (Å²) in [5, 5.41) is 8.13. The van der Waals surface area contributed by atoms with E-state index in [1.807, 2.05) is 6.07 Å². The van der Waals surface area contributed by atoms with Crippen LogP contribution in [0.4, 0.5) is 5.82 Å². The molecule has 0 aliphatic carbocycles. The number of terminal acetylenes is 1. The van der Waals surface area contributed by atoms with Gasteiger partial charge in [-0.2, -0.15) is 5.10 Å². The van der Waals surface area contributed by atoms with Crippen molar-refractivity contribution in [2.24, 2.45) is 0 Å². The van der Waals surface area contributed by atoms with Gasteiger partial charge in [0.15, 0.2) is 5.82 Å². The lowest BCUT2D eigenvalue weighted by molar-refractivity contribution is 0.292. The number of aromatic nitrogens is 2. The van der Waals surface area contributed by atoms with Crippen molar-refractivity contribution >= 4 is 5.82 Å². The molecule has 16 heavy (non-hydrogen) atoms. The van der Waals surface area contributed by atoms with Gasteiger partial charge in [-0.25, -0.2) is 0 Å². The van der Waals surface area contributed by atoms with Crippen molar-refractivity contribution in [3.8, 4) is 12.3 Å². The molecule has 2 aliphatic rings. The fourth-order valence-corrected chi connectivity index (χ4v) is 2.77. The van der Waals surface area contributed by atoms with Crippen LogP contribution in [-0.4, -0.2) is 47.3 Å². The van der Waals surface area contributed by atoms with Crippen LogP contribution in [0.1, 0.15) is 12.0 Å². The lowest BCUT2D eigenvalue weighted by atomic mass is 10.2. The van der Waals surface area contributed by atoms with Gasteiger partial charge < -0.3 is 4.90 Å². The first-order valence-electron chi connectivity index (χ1n) is 5.55. The molecule has 2 aliphatic heterocycles. The van der Waals surface area contributed by atoms with E-state index in [1.54, 1.807) is 6.20 Å². The van der Waals surface area contributed by atoms with Crippen LogP contribution < -0.4 is 4.90 Å². The standard InChI is InChI=1S/C12H14N4/c1-3-9-4-5-13-14-12(9)16-8-10-6-11(16)7-15(10)2/h1,4-5,10-11H,6-8H2,2H3/t10-,11-/m0/s1. The summed E-state index contributed by atoms with van der Waals surface area (Å²) in [6.45, 7) is 2.12. The number of piperazine rings is 1. The average molecular weight is 214 g/mol. The molecule has 0 amide bonds. The third-order valence-electron chi connectivity index (χ3n) is 3.64. The number of likely N-dealkylation sites (N-methyl/N-ethyl adjacent to an activating group) is 1. The molecular formula is C12H14N4. The summed E-state index contributed by atoms with van der Waals surface area (Å²) < 4.78 is 0. The summed E-state index contributed by atoms with van der Waals surface area (Å²) in [5.74, 6) is 3.57. The average Bonchev–Trinajstić information content (AvgIpc) is 2.87. The largest absolute Gasteiger partial charge is 0.348 e. The fraction of sp³-hybridized carbons (Fsp3) is 0.500. The van der Waals surface area contributed by atoms with Crippen LogP contribution >= 0.6 is 0 Å². The molecule has 82 valence electrons. The van der Waals surface area contributed by atoms with E-state index in [9.17, 15) is 0 Å². The maximum Gasteiger partial charge on any atom is 0.167 e. The third kappa shape index (κ3) is 1.29. The van der Waals surface area contributed by atoms with Crippen LogP contribution in [0.2, 0.25) is 0 Å². The molecule has 1 aromatic heterocycles. The lowest BCUT2D eigenvalue weighted by Crippen LogP contribution is -2.45. The maximum atomic E-state index is 5.49. The first-order chi connectivity index (χ1) is 7.79. The zero-order valence-electron chi connectivity index (χ0n) is 9.30. The highest BCUT2D eigenvalue weighted by molar-refractivity contribution is 5.56. The summed E-state index contributed by atoms with van der Waals surface area (Å²) in [5.41, 5.74) is 0.852. The van der Waals surface area contributed by atoms with Gasteiger partial charge in [0.25, 0.3) is 0 Å². The molecule has 4 nitrogen and oxygen atoms in total.